The zero-order chi connectivity index (χ0) is 19.1. The van der Waals surface area contributed by atoms with E-state index < -0.39 is 0 Å². The molecule has 0 saturated heterocycles. The van der Waals surface area contributed by atoms with Crippen LogP contribution in [0.25, 0.3) is 17.5 Å². The Morgan fingerprint density at radius 1 is 1.15 bits per heavy atom. The summed E-state index contributed by atoms with van der Waals surface area (Å²) >= 11 is 6.07. The van der Waals surface area contributed by atoms with Gasteiger partial charge in [0.25, 0.3) is 5.91 Å². The zero-order valence-electron chi connectivity index (χ0n) is 14.7. The summed E-state index contributed by atoms with van der Waals surface area (Å²) in [5, 5.41) is 4.72. The monoisotopic (exact) mass is 383 g/mol. The molecule has 2 aromatic carbocycles. The number of hydrogen-bond donors (Lipinski definition) is 0. The van der Waals surface area contributed by atoms with Gasteiger partial charge in [-0.25, -0.2) is 0 Å². The molecule has 0 aliphatic heterocycles. The molecule has 0 unspecified atom stereocenters. The maximum Gasteiger partial charge on any atom is 0.336 e. The number of carbonyl (C=O) groups excluding carboxylic acids is 1. The van der Waals surface area contributed by atoms with E-state index in [9.17, 15) is 4.79 Å². The van der Waals surface area contributed by atoms with Crippen LogP contribution in [0, 0.1) is 0 Å². The number of carbonyl (C=O) groups is 1. The summed E-state index contributed by atoms with van der Waals surface area (Å²) in [6.45, 7) is 0.673. The van der Waals surface area contributed by atoms with E-state index in [0.717, 1.165) is 5.56 Å². The van der Waals surface area contributed by atoms with Gasteiger partial charge in [0.2, 0.25) is 0 Å². The van der Waals surface area contributed by atoms with E-state index in [1.165, 1.54) is 10.8 Å². The van der Waals surface area contributed by atoms with Crippen molar-refractivity contribution >= 4 is 23.6 Å². The fourth-order valence-electron chi connectivity index (χ4n) is 2.34. The van der Waals surface area contributed by atoms with Crippen LogP contribution >= 0.6 is 11.6 Å². The highest BCUT2D eigenvalue weighted by Crippen LogP contribution is 2.23. The highest BCUT2D eigenvalue weighted by atomic mass is 35.5. The molecule has 0 aliphatic carbocycles. The summed E-state index contributed by atoms with van der Waals surface area (Å²) in [7, 11) is 1.57. The van der Waals surface area contributed by atoms with Crippen LogP contribution in [-0.2, 0) is 4.74 Å². The van der Waals surface area contributed by atoms with E-state index in [0.29, 0.717) is 23.0 Å². The van der Waals surface area contributed by atoms with Gasteiger partial charge in [-0.1, -0.05) is 54.1 Å². The maximum atomic E-state index is 12.7. The molecule has 27 heavy (non-hydrogen) atoms. The van der Waals surface area contributed by atoms with Crippen LogP contribution in [0.2, 0.25) is 5.02 Å². The summed E-state index contributed by atoms with van der Waals surface area (Å²) < 4.78 is 11.6. The number of hydrogen-bond acceptors (Lipinski definition) is 5. The normalized spacial score (nSPS) is 11.0. The minimum absolute atomic E-state index is 0.100. The number of rotatable bonds is 7. The minimum atomic E-state index is -0.345. The second-order valence-corrected chi connectivity index (χ2v) is 6.00. The van der Waals surface area contributed by atoms with Gasteiger partial charge >= 0.3 is 6.01 Å². The standard InChI is InChI=1S/C20H18ClN3O3/c1-26-12-13-27-20-22-19(16-8-5-9-17(21)14-16)24(23-20)18(25)11-10-15-6-3-2-4-7-15/h2-11,14H,12-13H2,1H3/b11-10+. The van der Waals surface area contributed by atoms with Crippen molar-refractivity contribution in [2.24, 2.45) is 0 Å². The van der Waals surface area contributed by atoms with Crippen LogP contribution in [0.15, 0.2) is 60.7 Å². The Morgan fingerprint density at radius 3 is 2.70 bits per heavy atom. The first kappa shape index (κ1) is 18.8. The van der Waals surface area contributed by atoms with Gasteiger partial charge in [0.05, 0.1) is 6.61 Å². The smallest absolute Gasteiger partial charge is 0.336 e. The first-order valence-electron chi connectivity index (χ1n) is 8.29. The summed E-state index contributed by atoms with van der Waals surface area (Å²) in [5.74, 6) is 0.00977. The van der Waals surface area contributed by atoms with E-state index >= 15 is 0 Å². The van der Waals surface area contributed by atoms with Crippen molar-refractivity contribution in [3.63, 3.8) is 0 Å². The molecule has 0 aliphatic rings. The van der Waals surface area contributed by atoms with Crippen molar-refractivity contribution in [2.45, 2.75) is 0 Å². The fraction of sp³-hybridized carbons (Fsp3) is 0.150. The third-order valence-electron chi connectivity index (χ3n) is 3.62. The highest BCUT2D eigenvalue weighted by molar-refractivity contribution is 6.30. The number of halogens is 1. The van der Waals surface area contributed by atoms with Crippen LogP contribution in [0.1, 0.15) is 10.4 Å². The summed E-state index contributed by atoms with van der Waals surface area (Å²) in [5.41, 5.74) is 1.57. The molecule has 0 N–H and O–H groups in total. The van der Waals surface area contributed by atoms with E-state index in [1.54, 1.807) is 37.5 Å². The minimum Gasteiger partial charge on any atom is -0.460 e. The molecular formula is C20H18ClN3O3. The van der Waals surface area contributed by atoms with Gasteiger partial charge < -0.3 is 9.47 Å². The summed E-state index contributed by atoms with van der Waals surface area (Å²) in [6, 6.07) is 16.7. The summed E-state index contributed by atoms with van der Waals surface area (Å²) in [6.07, 6.45) is 3.16. The molecular weight excluding hydrogens is 366 g/mol. The second-order valence-electron chi connectivity index (χ2n) is 5.56. The van der Waals surface area contributed by atoms with E-state index in [-0.39, 0.29) is 18.5 Å². The van der Waals surface area contributed by atoms with Crippen molar-refractivity contribution in [3.8, 4) is 17.4 Å². The number of benzene rings is 2. The topological polar surface area (TPSA) is 66.2 Å². The third kappa shape index (κ3) is 5.03. The Labute approximate surface area is 162 Å². The quantitative estimate of drug-likeness (QED) is 0.456. The molecule has 138 valence electrons. The van der Waals surface area contributed by atoms with Crippen LogP contribution in [0.4, 0.5) is 0 Å². The van der Waals surface area contributed by atoms with Crippen LogP contribution < -0.4 is 4.74 Å². The molecule has 0 bridgehead atoms. The number of aromatic nitrogens is 3. The Hall–Kier alpha value is -2.96. The molecule has 0 spiro atoms. The van der Waals surface area contributed by atoms with E-state index in [1.807, 2.05) is 30.3 Å². The van der Waals surface area contributed by atoms with Crippen molar-refractivity contribution < 1.29 is 14.3 Å². The molecule has 0 radical (unpaired) electrons. The van der Waals surface area contributed by atoms with Gasteiger partial charge in [0, 0.05) is 23.8 Å². The van der Waals surface area contributed by atoms with Crippen LogP contribution in [0.3, 0.4) is 0 Å². The zero-order valence-corrected chi connectivity index (χ0v) is 15.5. The molecule has 1 aromatic heterocycles. The molecule has 3 rings (SSSR count). The van der Waals surface area contributed by atoms with Gasteiger partial charge in [-0.15, -0.1) is 5.10 Å². The average molecular weight is 384 g/mol. The van der Waals surface area contributed by atoms with Crippen molar-refractivity contribution in [2.75, 3.05) is 20.3 Å². The number of ether oxygens (including phenoxy) is 2. The van der Waals surface area contributed by atoms with E-state index in [2.05, 4.69) is 10.1 Å². The molecule has 0 amide bonds. The fourth-order valence-corrected chi connectivity index (χ4v) is 2.53. The molecule has 1 heterocycles. The van der Waals surface area contributed by atoms with Gasteiger partial charge in [0.15, 0.2) is 5.82 Å². The largest absolute Gasteiger partial charge is 0.460 e. The van der Waals surface area contributed by atoms with Crippen molar-refractivity contribution in [1.82, 2.24) is 14.8 Å². The predicted molar refractivity (Wildman–Crippen MR) is 104 cm³/mol. The van der Waals surface area contributed by atoms with Crippen LogP contribution in [-0.4, -0.2) is 41.0 Å². The lowest BCUT2D eigenvalue weighted by molar-refractivity contribution is 0.0953. The molecule has 7 heteroatoms. The number of methoxy groups -OCH3 is 1. The molecule has 0 atom stereocenters. The maximum absolute atomic E-state index is 12.7. The predicted octanol–water partition coefficient (Wildman–Crippen LogP) is 3.98. The lowest BCUT2D eigenvalue weighted by Gasteiger charge is -2.02. The number of allylic oxidation sites excluding steroid dienone is 1. The Kier molecular flexibility index (Phi) is 6.35. The molecule has 0 fully saturated rings. The molecule has 3 aromatic rings. The second kappa shape index (κ2) is 9.12. The van der Waals surface area contributed by atoms with Gasteiger partial charge in [-0.2, -0.15) is 9.67 Å². The third-order valence-corrected chi connectivity index (χ3v) is 3.85. The Morgan fingerprint density at radius 2 is 1.96 bits per heavy atom. The molecule has 0 saturated carbocycles. The first-order chi connectivity index (χ1) is 13.2. The lowest BCUT2D eigenvalue weighted by atomic mass is 10.2. The number of nitrogens with zero attached hydrogens (tertiary/aromatic N) is 3. The SMILES string of the molecule is COCCOc1nc(-c2cccc(Cl)c2)n(C(=O)/C=C/c2ccccc2)n1. The summed E-state index contributed by atoms with van der Waals surface area (Å²) in [4.78, 5) is 17.0. The average Bonchev–Trinajstić information content (AvgIpc) is 3.11. The lowest BCUT2D eigenvalue weighted by Crippen LogP contribution is -2.11. The highest BCUT2D eigenvalue weighted by Gasteiger charge is 2.17. The van der Waals surface area contributed by atoms with E-state index in [4.69, 9.17) is 21.1 Å². The van der Waals surface area contributed by atoms with Crippen molar-refractivity contribution in [1.29, 1.82) is 0 Å². The Balaban J connectivity index is 1.91. The first-order valence-corrected chi connectivity index (χ1v) is 8.67. The Bertz CT molecular complexity index is 939. The van der Waals surface area contributed by atoms with Crippen LogP contribution in [0.5, 0.6) is 6.01 Å². The molecule has 6 nitrogen and oxygen atoms in total. The van der Waals surface area contributed by atoms with Crippen molar-refractivity contribution in [3.05, 3.63) is 71.3 Å². The van der Waals surface area contributed by atoms with Gasteiger partial charge in [0.1, 0.15) is 6.61 Å². The van der Waals surface area contributed by atoms with Gasteiger partial charge in [-0.05, 0) is 23.8 Å². The van der Waals surface area contributed by atoms with Gasteiger partial charge in [-0.3, -0.25) is 4.79 Å².